The number of morpholine rings is 2. The highest BCUT2D eigenvalue weighted by Gasteiger charge is 2.45. The first-order valence-corrected chi connectivity index (χ1v) is 9.73. The second kappa shape index (κ2) is 7.60. The van der Waals surface area contributed by atoms with Crippen LogP contribution in [0.15, 0.2) is 0 Å². The third kappa shape index (κ3) is 4.39. The summed E-state index contributed by atoms with van der Waals surface area (Å²) in [4.78, 5) is 48.6. The molecule has 0 spiro atoms. The number of ether oxygens (including phenoxy) is 3. The highest BCUT2D eigenvalue weighted by molar-refractivity contribution is 5.85. The van der Waals surface area contributed by atoms with Gasteiger partial charge in [0.15, 0.2) is 0 Å². The molecule has 6 heterocycles. The summed E-state index contributed by atoms with van der Waals surface area (Å²) in [6.45, 7) is 7.98. The van der Waals surface area contributed by atoms with Gasteiger partial charge in [-0.1, -0.05) is 0 Å². The van der Waals surface area contributed by atoms with Crippen LogP contribution in [0.1, 0.15) is 53.4 Å². The molecule has 0 N–H and O–H groups in total. The van der Waals surface area contributed by atoms with E-state index in [0.29, 0.717) is 19.5 Å². The molecule has 156 valence electrons. The van der Waals surface area contributed by atoms with Gasteiger partial charge in [-0.3, -0.25) is 9.69 Å². The lowest BCUT2D eigenvalue weighted by molar-refractivity contribution is -0.180. The molecule has 6 rings (SSSR count). The second-order valence-electron chi connectivity index (χ2n) is 8.61. The first-order valence-electron chi connectivity index (χ1n) is 9.73. The van der Waals surface area contributed by atoms with Gasteiger partial charge < -0.3 is 19.1 Å². The zero-order valence-corrected chi connectivity index (χ0v) is 16.8. The van der Waals surface area contributed by atoms with E-state index in [1.54, 1.807) is 4.90 Å². The Morgan fingerprint density at radius 1 is 0.893 bits per heavy atom. The number of hydrogen-bond donors (Lipinski definition) is 0. The largest absolute Gasteiger partial charge is 0.459 e. The van der Waals surface area contributed by atoms with Crippen LogP contribution in [-0.2, 0) is 28.6 Å². The Bertz CT molecular complexity index is 672. The van der Waals surface area contributed by atoms with Crippen molar-refractivity contribution in [2.24, 2.45) is 0 Å². The van der Waals surface area contributed by atoms with E-state index in [-0.39, 0.29) is 36.1 Å². The number of hydrogen-bond acceptors (Lipinski definition) is 7. The fourth-order valence-electron chi connectivity index (χ4n) is 3.91. The summed E-state index contributed by atoms with van der Waals surface area (Å²) in [6.07, 6.45) is 2.58. The van der Waals surface area contributed by atoms with Crippen molar-refractivity contribution in [2.75, 3.05) is 13.1 Å². The van der Waals surface area contributed by atoms with Gasteiger partial charge in [0, 0.05) is 6.92 Å². The van der Waals surface area contributed by atoms with Gasteiger partial charge in [-0.2, -0.15) is 0 Å². The summed E-state index contributed by atoms with van der Waals surface area (Å²) in [5.41, 5.74) is -0.530. The van der Waals surface area contributed by atoms with Gasteiger partial charge >= 0.3 is 18.0 Å². The zero-order valence-electron chi connectivity index (χ0n) is 16.8. The molecule has 6 saturated heterocycles. The summed E-state index contributed by atoms with van der Waals surface area (Å²) in [5, 5.41) is 0. The monoisotopic (exact) mass is 396 g/mol. The standard InChI is InChI=1S/C11H17NO4.C8H11NO3/c1-11(2,3)16-10(14)12-6-7-4-5-8(12)9(13)15-7;1-5(10)9-4-6-2-3-7(9)8(11)12-6/h7-8H,4-6H2,1-3H3;6-7H,2-4H2,1H3/t7-,8-;6-,7-/m00/s1. The van der Waals surface area contributed by atoms with Gasteiger partial charge in [-0.05, 0) is 46.5 Å². The molecule has 28 heavy (non-hydrogen) atoms. The molecule has 4 bridgehead atoms. The van der Waals surface area contributed by atoms with Crippen LogP contribution in [0.25, 0.3) is 0 Å². The van der Waals surface area contributed by atoms with Crippen molar-refractivity contribution in [3.8, 4) is 0 Å². The third-order valence-electron chi connectivity index (χ3n) is 5.22. The molecule has 6 aliphatic rings. The van der Waals surface area contributed by atoms with Crippen LogP contribution in [0.3, 0.4) is 0 Å². The molecule has 6 aliphatic heterocycles. The number of nitrogens with zero attached hydrogens (tertiary/aromatic N) is 2. The highest BCUT2D eigenvalue weighted by Crippen LogP contribution is 2.29. The second-order valence-corrected chi connectivity index (χ2v) is 8.61. The number of fused-ring (bicyclic) bond motifs is 6. The van der Waals surface area contributed by atoms with Gasteiger partial charge in [-0.15, -0.1) is 0 Å². The van der Waals surface area contributed by atoms with Crippen molar-refractivity contribution >= 4 is 23.9 Å². The maximum Gasteiger partial charge on any atom is 0.411 e. The van der Waals surface area contributed by atoms with Crippen molar-refractivity contribution in [1.82, 2.24) is 9.80 Å². The highest BCUT2D eigenvalue weighted by atomic mass is 16.6. The Kier molecular flexibility index (Phi) is 5.54. The molecule has 0 aromatic rings. The summed E-state index contributed by atoms with van der Waals surface area (Å²) in [5.74, 6) is -0.553. The molecule has 4 atom stereocenters. The zero-order chi connectivity index (χ0) is 20.6. The maximum absolute atomic E-state index is 11.8. The van der Waals surface area contributed by atoms with E-state index in [1.807, 2.05) is 20.8 Å². The van der Waals surface area contributed by atoms with Crippen LogP contribution >= 0.6 is 0 Å². The average molecular weight is 396 g/mol. The van der Waals surface area contributed by atoms with E-state index < -0.39 is 17.7 Å². The number of esters is 2. The Balaban J connectivity index is 0.000000167. The van der Waals surface area contributed by atoms with Crippen LogP contribution in [0.2, 0.25) is 0 Å². The van der Waals surface area contributed by atoms with E-state index in [1.165, 1.54) is 11.8 Å². The minimum atomic E-state index is -0.530. The molecule has 0 unspecified atom stereocenters. The van der Waals surface area contributed by atoms with Crippen molar-refractivity contribution in [1.29, 1.82) is 0 Å². The molecule has 0 saturated carbocycles. The molecule has 0 radical (unpaired) electrons. The van der Waals surface area contributed by atoms with Gasteiger partial charge in [0.25, 0.3) is 0 Å². The lowest BCUT2D eigenvalue weighted by Crippen LogP contribution is -2.59. The predicted molar refractivity (Wildman–Crippen MR) is 96.1 cm³/mol. The Morgan fingerprint density at radius 2 is 1.36 bits per heavy atom. The van der Waals surface area contributed by atoms with Crippen molar-refractivity contribution < 1.29 is 33.4 Å². The Morgan fingerprint density at radius 3 is 1.71 bits per heavy atom. The van der Waals surface area contributed by atoms with Crippen LogP contribution in [0.5, 0.6) is 0 Å². The van der Waals surface area contributed by atoms with Crippen molar-refractivity contribution in [2.45, 2.75) is 83.3 Å². The van der Waals surface area contributed by atoms with E-state index >= 15 is 0 Å². The van der Waals surface area contributed by atoms with Gasteiger partial charge in [-0.25, -0.2) is 14.4 Å². The number of rotatable bonds is 0. The molecule has 0 aliphatic carbocycles. The van der Waals surface area contributed by atoms with Gasteiger partial charge in [0.2, 0.25) is 5.91 Å². The van der Waals surface area contributed by atoms with E-state index in [0.717, 1.165) is 19.3 Å². The number of piperidine rings is 2. The number of carbonyl (C=O) groups is 4. The van der Waals surface area contributed by atoms with Crippen LogP contribution in [0, 0.1) is 0 Å². The fourth-order valence-corrected chi connectivity index (χ4v) is 3.91. The lowest BCUT2D eigenvalue weighted by Gasteiger charge is -2.43. The number of amides is 2. The molecule has 0 aromatic heterocycles. The molecular weight excluding hydrogens is 368 g/mol. The summed E-state index contributed by atoms with van der Waals surface area (Å²) in [6, 6.07) is -0.743. The normalized spacial score (nSPS) is 30.9. The third-order valence-corrected chi connectivity index (χ3v) is 5.22. The first kappa shape index (κ1) is 20.4. The fraction of sp³-hybridized carbons (Fsp3) is 0.789. The van der Waals surface area contributed by atoms with Gasteiger partial charge in [0.05, 0.1) is 13.1 Å². The van der Waals surface area contributed by atoms with E-state index in [2.05, 4.69) is 0 Å². The molecular formula is C19H28N2O7. The summed E-state index contributed by atoms with van der Waals surface area (Å²) in [7, 11) is 0. The quantitative estimate of drug-likeness (QED) is 0.448. The van der Waals surface area contributed by atoms with Crippen LogP contribution < -0.4 is 0 Å². The van der Waals surface area contributed by atoms with Gasteiger partial charge in [0.1, 0.15) is 29.9 Å². The summed E-state index contributed by atoms with van der Waals surface area (Å²) < 4.78 is 15.4. The molecule has 9 nitrogen and oxygen atoms in total. The molecule has 0 aromatic carbocycles. The maximum atomic E-state index is 11.8. The predicted octanol–water partition coefficient (Wildman–Crippen LogP) is 1.23. The minimum absolute atomic E-state index is 0.0265. The molecule has 6 fully saturated rings. The first-order chi connectivity index (χ1) is 13.0. The van der Waals surface area contributed by atoms with E-state index in [4.69, 9.17) is 14.2 Å². The topological polar surface area (TPSA) is 102 Å². The SMILES string of the molecule is CC(=O)N1C[C@@H]2CC[C@H]1C(=O)O2.CC(C)(C)OC(=O)N1C[C@@H]2CC[C@H]1C(=O)O2. The Labute approximate surface area is 164 Å². The molecule has 2 amide bonds. The van der Waals surface area contributed by atoms with E-state index in [9.17, 15) is 19.2 Å². The minimum Gasteiger partial charge on any atom is -0.459 e. The Hall–Kier alpha value is -2.32. The van der Waals surface area contributed by atoms with Crippen LogP contribution in [-0.4, -0.2) is 76.7 Å². The average Bonchev–Trinajstić information content (AvgIpc) is 2.61. The lowest BCUT2D eigenvalue weighted by atomic mass is 9.96. The summed E-state index contributed by atoms with van der Waals surface area (Å²) >= 11 is 0. The van der Waals surface area contributed by atoms with Crippen LogP contribution in [0.4, 0.5) is 4.79 Å². The molecule has 9 heteroatoms. The number of carbonyl (C=O) groups excluding carboxylic acids is 4. The smallest absolute Gasteiger partial charge is 0.411 e. The van der Waals surface area contributed by atoms with Crippen molar-refractivity contribution in [3.63, 3.8) is 0 Å². The van der Waals surface area contributed by atoms with Crippen molar-refractivity contribution in [3.05, 3.63) is 0 Å².